The van der Waals surface area contributed by atoms with Gasteiger partial charge in [0.25, 0.3) is 0 Å². The van der Waals surface area contributed by atoms with Crippen LogP contribution in [0.3, 0.4) is 0 Å². The summed E-state index contributed by atoms with van der Waals surface area (Å²) >= 11 is 0. The van der Waals surface area contributed by atoms with E-state index < -0.39 is 0 Å². The molecule has 0 unspecified atom stereocenters. The van der Waals surface area contributed by atoms with Gasteiger partial charge in [-0.3, -0.25) is 0 Å². The lowest BCUT2D eigenvalue weighted by Gasteiger charge is -2.05. The van der Waals surface area contributed by atoms with Gasteiger partial charge < -0.3 is 10.1 Å². The molecule has 1 N–H and O–H groups in total. The SMILES string of the molecule is COCCCCCNCc1cc(F)cc(C#N)c1. The van der Waals surface area contributed by atoms with Gasteiger partial charge in [-0.05, 0) is 49.6 Å². The molecule has 0 aliphatic heterocycles. The molecule has 0 fully saturated rings. The molecule has 0 saturated carbocycles. The summed E-state index contributed by atoms with van der Waals surface area (Å²) in [5, 5.41) is 12.0. The summed E-state index contributed by atoms with van der Waals surface area (Å²) < 4.78 is 18.1. The third-order valence-electron chi connectivity index (χ3n) is 2.62. The molecule has 0 bridgehead atoms. The molecule has 3 nitrogen and oxygen atoms in total. The van der Waals surface area contributed by atoms with Gasteiger partial charge in [0.1, 0.15) is 5.82 Å². The van der Waals surface area contributed by atoms with Crippen molar-refractivity contribution in [1.29, 1.82) is 5.26 Å². The van der Waals surface area contributed by atoms with Crippen LogP contribution in [0.5, 0.6) is 0 Å². The van der Waals surface area contributed by atoms with Gasteiger partial charge in [-0.2, -0.15) is 5.26 Å². The van der Waals surface area contributed by atoms with Gasteiger partial charge in [-0.15, -0.1) is 0 Å². The van der Waals surface area contributed by atoms with Crippen LogP contribution in [0.15, 0.2) is 18.2 Å². The first-order valence-electron chi connectivity index (χ1n) is 6.15. The van der Waals surface area contributed by atoms with E-state index in [-0.39, 0.29) is 5.82 Å². The van der Waals surface area contributed by atoms with Crippen molar-refractivity contribution >= 4 is 0 Å². The molecule has 0 atom stereocenters. The van der Waals surface area contributed by atoms with E-state index in [1.165, 1.54) is 12.1 Å². The first-order valence-corrected chi connectivity index (χ1v) is 6.15. The Morgan fingerprint density at radius 3 is 2.83 bits per heavy atom. The van der Waals surface area contributed by atoms with E-state index in [2.05, 4.69) is 5.32 Å². The Morgan fingerprint density at radius 1 is 1.28 bits per heavy atom. The molecule has 1 aromatic carbocycles. The van der Waals surface area contributed by atoms with E-state index in [1.54, 1.807) is 13.2 Å². The highest BCUT2D eigenvalue weighted by molar-refractivity contribution is 5.33. The van der Waals surface area contributed by atoms with E-state index in [4.69, 9.17) is 10.00 Å². The number of halogens is 1. The number of nitrogens with one attached hydrogen (secondary N) is 1. The highest BCUT2D eigenvalue weighted by Crippen LogP contribution is 2.08. The molecule has 1 aromatic rings. The standard InChI is InChI=1S/C14H19FN2O/c1-18-6-4-2-3-5-17-11-13-7-12(10-16)8-14(15)9-13/h7-9,17H,2-6,11H2,1H3. The molecule has 18 heavy (non-hydrogen) atoms. The summed E-state index contributed by atoms with van der Waals surface area (Å²) in [4.78, 5) is 0. The minimum Gasteiger partial charge on any atom is -0.385 e. The van der Waals surface area contributed by atoms with E-state index >= 15 is 0 Å². The topological polar surface area (TPSA) is 45.0 Å². The van der Waals surface area contributed by atoms with Crippen LogP contribution in [0.4, 0.5) is 4.39 Å². The molecule has 1 rings (SSSR count). The molecule has 0 radical (unpaired) electrons. The monoisotopic (exact) mass is 250 g/mol. The number of ether oxygens (including phenoxy) is 1. The first-order chi connectivity index (χ1) is 8.76. The molecule has 0 amide bonds. The fourth-order valence-electron chi connectivity index (χ4n) is 1.72. The number of unbranched alkanes of at least 4 members (excludes halogenated alkanes) is 2. The zero-order chi connectivity index (χ0) is 13.2. The summed E-state index contributed by atoms with van der Waals surface area (Å²) in [6.07, 6.45) is 3.26. The molecule has 0 aliphatic rings. The molecule has 0 aliphatic carbocycles. The second-order valence-electron chi connectivity index (χ2n) is 4.19. The molecule has 4 heteroatoms. The largest absolute Gasteiger partial charge is 0.385 e. The molecule has 98 valence electrons. The van der Waals surface area contributed by atoms with Crippen molar-refractivity contribution in [3.05, 3.63) is 35.1 Å². The number of hydrogen-bond acceptors (Lipinski definition) is 3. The fraction of sp³-hybridized carbons (Fsp3) is 0.500. The number of nitrogens with zero attached hydrogens (tertiary/aromatic N) is 1. The Hall–Kier alpha value is -1.44. The van der Waals surface area contributed by atoms with Crippen LogP contribution in [0.1, 0.15) is 30.4 Å². The maximum atomic E-state index is 13.1. The minimum atomic E-state index is -0.356. The Labute approximate surface area is 108 Å². The third-order valence-corrected chi connectivity index (χ3v) is 2.62. The second-order valence-corrected chi connectivity index (χ2v) is 4.19. The summed E-state index contributed by atoms with van der Waals surface area (Å²) in [6.45, 7) is 2.29. The predicted molar refractivity (Wildman–Crippen MR) is 68.5 cm³/mol. The van der Waals surface area contributed by atoms with Crippen LogP contribution in [0, 0.1) is 17.1 Å². The summed E-state index contributed by atoms with van der Waals surface area (Å²) in [6, 6.07) is 6.36. The minimum absolute atomic E-state index is 0.356. The van der Waals surface area contributed by atoms with Crippen molar-refractivity contribution in [3.63, 3.8) is 0 Å². The lowest BCUT2D eigenvalue weighted by atomic mass is 10.1. The summed E-state index contributed by atoms with van der Waals surface area (Å²) in [5.74, 6) is -0.356. The Morgan fingerprint density at radius 2 is 2.11 bits per heavy atom. The third kappa shape index (κ3) is 5.76. The zero-order valence-electron chi connectivity index (χ0n) is 10.7. The van der Waals surface area contributed by atoms with Crippen LogP contribution < -0.4 is 5.32 Å². The quantitative estimate of drug-likeness (QED) is 0.721. The van der Waals surface area contributed by atoms with Crippen LogP contribution in [0.25, 0.3) is 0 Å². The second kappa shape index (κ2) is 8.62. The highest BCUT2D eigenvalue weighted by atomic mass is 19.1. The van der Waals surface area contributed by atoms with Crippen LogP contribution >= 0.6 is 0 Å². The first kappa shape index (κ1) is 14.6. The number of hydrogen-bond donors (Lipinski definition) is 1. The molecule has 0 aromatic heterocycles. The van der Waals surface area contributed by atoms with E-state index in [1.807, 2.05) is 6.07 Å². The van der Waals surface area contributed by atoms with Gasteiger partial charge in [0.15, 0.2) is 0 Å². The van der Waals surface area contributed by atoms with Crippen molar-refractivity contribution in [2.45, 2.75) is 25.8 Å². The number of nitriles is 1. The lowest BCUT2D eigenvalue weighted by Crippen LogP contribution is -2.15. The van der Waals surface area contributed by atoms with Gasteiger partial charge in [0.2, 0.25) is 0 Å². The Balaban J connectivity index is 2.23. The Kier molecular flexibility index (Phi) is 7.00. The van der Waals surface area contributed by atoms with Crippen molar-refractivity contribution in [2.24, 2.45) is 0 Å². The summed E-state index contributed by atoms with van der Waals surface area (Å²) in [5.41, 5.74) is 1.18. The summed E-state index contributed by atoms with van der Waals surface area (Å²) in [7, 11) is 1.70. The van der Waals surface area contributed by atoms with Crippen molar-refractivity contribution in [3.8, 4) is 6.07 Å². The number of benzene rings is 1. The van der Waals surface area contributed by atoms with Gasteiger partial charge in [-0.1, -0.05) is 0 Å². The van der Waals surface area contributed by atoms with Crippen LogP contribution in [0.2, 0.25) is 0 Å². The number of methoxy groups -OCH3 is 1. The van der Waals surface area contributed by atoms with Gasteiger partial charge >= 0.3 is 0 Å². The normalized spacial score (nSPS) is 10.3. The average molecular weight is 250 g/mol. The van der Waals surface area contributed by atoms with E-state index in [0.29, 0.717) is 12.1 Å². The zero-order valence-corrected chi connectivity index (χ0v) is 10.7. The predicted octanol–water partition coefficient (Wildman–Crippen LogP) is 2.60. The van der Waals surface area contributed by atoms with E-state index in [9.17, 15) is 4.39 Å². The smallest absolute Gasteiger partial charge is 0.124 e. The van der Waals surface area contributed by atoms with E-state index in [0.717, 1.165) is 38.0 Å². The molecular formula is C14H19FN2O. The van der Waals surface area contributed by atoms with Gasteiger partial charge in [-0.25, -0.2) is 4.39 Å². The molecule has 0 heterocycles. The average Bonchev–Trinajstić information content (AvgIpc) is 2.37. The van der Waals surface area contributed by atoms with Gasteiger partial charge in [0, 0.05) is 20.3 Å². The maximum Gasteiger partial charge on any atom is 0.124 e. The fourth-order valence-corrected chi connectivity index (χ4v) is 1.72. The van der Waals surface area contributed by atoms with Crippen LogP contribution in [-0.4, -0.2) is 20.3 Å². The Bertz CT molecular complexity index is 401. The molecule has 0 spiro atoms. The highest BCUT2D eigenvalue weighted by Gasteiger charge is 2.00. The van der Waals surface area contributed by atoms with Gasteiger partial charge in [0.05, 0.1) is 11.6 Å². The molecular weight excluding hydrogens is 231 g/mol. The lowest BCUT2D eigenvalue weighted by molar-refractivity contribution is 0.192. The maximum absolute atomic E-state index is 13.1. The number of rotatable bonds is 8. The van der Waals surface area contributed by atoms with Crippen molar-refractivity contribution in [2.75, 3.05) is 20.3 Å². The van der Waals surface area contributed by atoms with Crippen LogP contribution in [-0.2, 0) is 11.3 Å². The van der Waals surface area contributed by atoms with Crippen molar-refractivity contribution in [1.82, 2.24) is 5.32 Å². The molecule has 0 saturated heterocycles. The van der Waals surface area contributed by atoms with Crippen molar-refractivity contribution < 1.29 is 9.13 Å².